The van der Waals surface area contributed by atoms with E-state index in [4.69, 9.17) is 21.4 Å². The number of ether oxygens (including phenoxy) is 1. The highest BCUT2D eigenvalue weighted by Crippen LogP contribution is 2.28. The van der Waals surface area contributed by atoms with E-state index in [0.29, 0.717) is 6.42 Å². The second-order valence-corrected chi connectivity index (χ2v) is 6.72. The molecule has 0 atom stereocenters. The predicted octanol–water partition coefficient (Wildman–Crippen LogP) is 3.24. The number of nitrogens with zero attached hydrogens (tertiary/aromatic N) is 2. The maximum absolute atomic E-state index is 11.3. The molecule has 0 fully saturated rings. The predicted molar refractivity (Wildman–Crippen MR) is 98.8 cm³/mol. The third-order valence-corrected chi connectivity index (χ3v) is 4.85. The van der Waals surface area contributed by atoms with E-state index in [1.807, 2.05) is 24.3 Å². The third kappa shape index (κ3) is 4.41. The number of aromatic nitrogens is 2. The van der Waals surface area contributed by atoms with Crippen molar-refractivity contribution in [3.05, 3.63) is 40.5 Å². The fraction of sp³-hybridized carbons (Fsp3) is 0.474. The summed E-state index contributed by atoms with van der Waals surface area (Å²) >= 11 is 6.02. The van der Waals surface area contributed by atoms with Gasteiger partial charge in [0.05, 0.1) is 12.8 Å². The van der Waals surface area contributed by atoms with Crippen LogP contribution < -0.4 is 5.32 Å². The van der Waals surface area contributed by atoms with E-state index in [-0.39, 0.29) is 5.97 Å². The zero-order chi connectivity index (χ0) is 17.6. The average molecular weight is 362 g/mol. The standard InChI is InChI=1S/C19H24ClN3O2/c1-25-18(24)4-2-3-13-23-17-10-12-21-11-9-16(17)19(22-23)14-5-7-15(20)8-6-14/h5-8,21H,2-4,9-13H2,1H3. The lowest BCUT2D eigenvalue weighted by Gasteiger charge is -2.07. The SMILES string of the molecule is COC(=O)CCCCn1nc(-c2ccc(Cl)cc2)c2c1CCNCC2. The van der Waals surface area contributed by atoms with Gasteiger partial charge >= 0.3 is 5.97 Å². The van der Waals surface area contributed by atoms with Crippen LogP contribution in [0.2, 0.25) is 5.02 Å². The normalized spacial score (nSPS) is 14.0. The zero-order valence-electron chi connectivity index (χ0n) is 14.6. The lowest BCUT2D eigenvalue weighted by atomic mass is 10.0. The van der Waals surface area contributed by atoms with Crippen LogP contribution in [-0.2, 0) is 28.9 Å². The van der Waals surface area contributed by atoms with Crippen molar-refractivity contribution in [1.29, 1.82) is 0 Å². The fourth-order valence-corrected chi connectivity index (χ4v) is 3.41. The van der Waals surface area contributed by atoms with Crippen LogP contribution in [0.15, 0.2) is 24.3 Å². The highest BCUT2D eigenvalue weighted by atomic mass is 35.5. The fourth-order valence-electron chi connectivity index (χ4n) is 3.28. The molecule has 0 bridgehead atoms. The molecule has 6 heteroatoms. The first-order chi connectivity index (χ1) is 12.2. The summed E-state index contributed by atoms with van der Waals surface area (Å²) in [7, 11) is 1.43. The Morgan fingerprint density at radius 2 is 2.00 bits per heavy atom. The van der Waals surface area contributed by atoms with Crippen LogP contribution in [0.25, 0.3) is 11.3 Å². The van der Waals surface area contributed by atoms with Gasteiger partial charge in [0.1, 0.15) is 0 Å². The number of carbonyl (C=O) groups is 1. The number of benzene rings is 1. The first-order valence-electron chi connectivity index (χ1n) is 8.81. The molecule has 0 saturated carbocycles. The Hall–Kier alpha value is -1.85. The quantitative estimate of drug-likeness (QED) is 0.634. The van der Waals surface area contributed by atoms with Crippen LogP contribution in [0.1, 0.15) is 30.5 Å². The smallest absolute Gasteiger partial charge is 0.305 e. The van der Waals surface area contributed by atoms with Crippen molar-refractivity contribution >= 4 is 17.6 Å². The minimum absolute atomic E-state index is 0.148. The molecule has 0 aliphatic carbocycles. The number of methoxy groups -OCH3 is 1. The van der Waals surface area contributed by atoms with Crippen LogP contribution in [-0.4, -0.2) is 35.9 Å². The number of aryl methyl sites for hydroxylation is 1. The molecule has 1 aliphatic heterocycles. The number of hydrogen-bond acceptors (Lipinski definition) is 4. The number of rotatable bonds is 6. The number of unbranched alkanes of at least 4 members (excludes halogenated alkanes) is 1. The lowest BCUT2D eigenvalue weighted by molar-refractivity contribution is -0.140. The molecule has 1 N–H and O–H groups in total. The molecule has 0 saturated heterocycles. The Morgan fingerprint density at radius 3 is 2.76 bits per heavy atom. The van der Waals surface area contributed by atoms with Gasteiger partial charge in [0.25, 0.3) is 0 Å². The summed E-state index contributed by atoms with van der Waals surface area (Å²) < 4.78 is 6.83. The van der Waals surface area contributed by atoms with Crippen molar-refractivity contribution < 1.29 is 9.53 Å². The first-order valence-corrected chi connectivity index (χ1v) is 9.19. The monoisotopic (exact) mass is 361 g/mol. The minimum atomic E-state index is -0.148. The molecule has 5 nitrogen and oxygen atoms in total. The van der Waals surface area contributed by atoms with E-state index in [1.165, 1.54) is 18.4 Å². The number of carbonyl (C=O) groups excluding carboxylic acids is 1. The van der Waals surface area contributed by atoms with Crippen LogP contribution in [0.4, 0.5) is 0 Å². The molecule has 0 unspecified atom stereocenters. The molecule has 3 rings (SSSR count). The van der Waals surface area contributed by atoms with Gasteiger partial charge in [-0.1, -0.05) is 23.7 Å². The molecule has 2 aromatic rings. The second-order valence-electron chi connectivity index (χ2n) is 6.29. The van der Waals surface area contributed by atoms with Crippen LogP contribution in [0.3, 0.4) is 0 Å². The maximum Gasteiger partial charge on any atom is 0.305 e. The van der Waals surface area contributed by atoms with Crippen molar-refractivity contribution in [2.75, 3.05) is 20.2 Å². The summed E-state index contributed by atoms with van der Waals surface area (Å²) in [6.45, 7) is 2.77. The Balaban J connectivity index is 1.80. The lowest BCUT2D eigenvalue weighted by Crippen LogP contribution is -2.17. The largest absolute Gasteiger partial charge is 0.469 e. The summed E-state index contributed by atoms with van der Waals surface area (Å²) in [5, 5.41) is 9.10. The molecule has 1 aromatic heterocycles. The van der Waals surface area contributed by atoms with Gasteiger partial charge in [0.15, 0.2) is 0 Å². The minimum Gasteiger partial charge on any atom is -0.469 e. The summed E-state index contributed by atoms with van der Waals surface area (Å²) in [5.41, 5.74) is 4.81. The number of hydrogen-bond donors (Lipinski definition) is 1. The topological polar surface area (TPSA) is 56.2 Å². The zero-order valence-corrected chi connectivity index (χ0v) is 15.3. The molecule has 134 valence electrons. The van der Waals surface area contributed by atoms with E-state index in [9.17, 15) is 4.79 Å². The van der Waals surface area contributed by atoms with Crippen LogP contribution in [0, 0.1) is 0 Å². The Labute approximate surface area is 153 Å². The molecule has 25 heavy (non-hydrogen) atoms. The summed E-state index contributed by atoms with van der Waals surface area (Å²) in [4.78, 5) is 11.3. The van der Waals surface area contributed by atoms with E-state index in [2.05, 4.69) is 10.00 Å². The molecule has 0 amide bonds. The molecular weight excluding hydrogens is 338 g/mol. The van der Waals surface area contributed by atoms with Crippen LogP contribution >= 0.6 is 11.6 Å². The molecule has 1 aromatic carbocycles. The number of nitrogens with one attached hydrogen (secondary N) is 1. The highest BCUT2D eigenvalue weighted by Gasteiger charge is 2.20. The van der Waals surface area contributed by atoms with Gasteiger partial charge < -0.3 is 10.1 Å². The van der Waals surface area contributed by atoms with Crippen molar-refractivity contribution in [3.8, 4) is 11.3 Å². The molecule has 0 radical (unpaired) electrons. The van der Waals surface area contributed by atoms with E-state index >= 15 is 0 Å². The molecule has 2 heterocycles. The Morgan fingerprint density at radius 1 is 1.24 bits per heavy atom. The van der Waals surface area contributed by atoms with Gasteiger partial charge in [0, 0.05) is 47.8 Å². The van der Waals surface area contributed by atoms with E-state index in [1.54, 1.807) is 0 Å². The average Bonchev–Trinajstić information content (AvgIpc) is 2.80. The second kappa shape index (κ2) is 8.50. The van der Waals surface area contributed by atoms with Crippen LogP contribution in [0.5, 0.6) is 0 Å². The summed E-state index contributed by atoms with van der Waals surface area (Å²) in [6, 6.07) is 7.89. The number of halogens is 1. The van der Waals surface area contributed by atoms with Crippen molar-refractivity contribution in [2.24, 2.45) is 0 Å². The first kappa shape index (κ1) is 18.0. The van der Waals surface area contributed by atoms with E-state index < -0.39 is 0 Å². The Bertz CT molecular complexity index is 725. The molecular formula is C19H24ClN3O2. The van der Waals surface area contributed by atoms with Crippen molar-refractivity contribution in [3.63, 3.8) is 0 Å². The van der Waals surface area contributed by atoms with Gasteiger partial charge in [-0.2, -0.15) is 5.10 Å². The number of fused-ring (bicyclic) bond motifs is 1. The number of esters is 1. The Kier molecular flexibility index (Phi) is 6.10. The van der Waals surface area contributed by atoms with Crippen molar-refractivity contribution in [2.45, 2.75) is 38.6 Å². The third-order valence-electron chi connectivity index (χ3n) is 4.60. The summed E-state index contributed by atoms with van der Waals surface area (Å²) in [5.74, 6) is -0.148. The molecule has 1 aliphatic rings. The van der Waals surface area contributed by atoms with Crippen molar-refractivity contribution in [1.82, 2.24) is 15.1 Å². The van der Waals surface area contributed by atoms with Gasteiger partial charge in [-0.05, 0) is 37.9 Å². The van der Waals surface area contributed by atoms with Gasteiger partial charge in [-0.15, -0.1) is 0 Å². The maximum atomic E-state index is 11.3. The summed E-state index contributed by atoms with van der Waals surface area (Å²) in [6.07, 6.45) is 4.15. The van der Waals surface area contributed by atoms with E-state index in [0.717, 1.165) is 61.6 Å². The highest BCUT2D eigenvalue weighted by molar-refractivity contribution is 6.30. The molecule has 0 spiro atoms. The van der Waals surface area contributed by atoms with Gasteiger partial charge in [-0.25, -0.2) is 0 Å². The van der Waals surface area contributed by atoms with Gasteiger partial charge in [-0.3, -0.25) is 9.48 Å². The van der Waals surface area contributed by atoms with Gasteiger partial charge in [0.2, 0.25) is 0 Å².